The highest BCUT2D eigenvalue weighted by Gasteiger charge is 2.36. The topological polar surface area (TPSA) is 281 Å². The molecule has 26 heteroatoms. The van der Waals surface area contributed by atoms with Gasteiger partial charge in [0.1, 0.15) is 121 Å². The molecule has 5 saturated heterocycles. The molecule has 0 bridgehead atoms. The molecule has 106 heavy (non-hydrogen) atoms. The molecule has 0 saturated carbocycles. The molecule has 5 aromatic carbocycles. The van der Waals surface area contributed by atoms with Crippen molar-refractivity contribution in [1.29, 1.82) is 0 Å². The van der Waals surface area contributed by atoms with Gasteiger partial charge in [-0.1, -0.05) is 0 Å². The highest BCUT2D eigenvalue weighted by Crippen LogP contribution is 2.39. The van der Waals surface area contributed by atoms with E-state index in [1.807, 2.05) is 66.7 Å². The van der Waals surface area contributed by atoms with Gasteiger partial charge in [-0.25, -0.2) is 0 Å². The summed E-state index contributed by atoms with van der Waals surface area (Å²) in [5.74, 6) is 4.53. The lowest BCUT2D eigenvalue weighted by Crippen LogP contribution is -2.59. The van der Waals surface area contributed by atoms with E-state index in [0.717, 1.165) is 313 Å². The van der Waals surface area contributed by atoms with Crippen LogP contribution < -0.4 is 76.9 Å². The number of nitrogens with two attached hydrogens (primary N) is 5. The molecule has 0 amide bonds. The lowest BCUT2D eigenvalue weighted by molar-refractivity contribution is -0.934. The van der Waals surface area contributed by atoms with Gasteiger partial charge in [-0.05, 0) is 60.7 Å². The third kappa shape index (κ3) is 22.2. The maximum atomic E-state index is 9.41. The van der Waals surface area contributed by atoms with E-state index >= 15 is 0 Å². The molecule has 0 unspecified atom stereocenters. The molecular formula is C80H130N15O11+5. The Morgan fingerprint density at radius 1 is 0.292 bits per heavy atom. The van der Waals surface area contributed by atoms with Crippen LogP contribution in [0.15, 0.2) is 91.0 Å². The number of fused-ring (bicyclic) bond motifs is 5. The number of aliphatic hydroxyl groups is 3. The molecule has 15 rings (SSSR count). The minimum atomic E-state index is 0.232. The molecular weight excluding hydrogens is 1350 g/mol. The Balaban J connectivity index is 0.000000132. The lowest BCUT2D eigenvalue weighted by Gasteiger charge is -2.43. The van der Waals surface area contributed by atoms with Crippen molar-refractivity contribution in [3.8, 4) is 28.7 Å². The summed E-state index contributed by atoms with van der Waals surface area (Å²) in [6.07, 6.45) is 7.54. The number of nitrogens with zero attached hydrogens (tertiary/aromatic N) is 10. The van der Waals surface area contributed by atoms with E-state index in [9.17, 15) is 15.3 Å². The van der Waals surface area contributed by atoms with Crippen molar-refractivity contribution in [2.45, 2.75) is 38.5 Å². The fraction of sp³-hybridized carbons (Fsp3) is 0.625. The first-order valence-corrected chi connectivity index (χ1v) is 39.6. The van der Waals surface area contributed by atoms with Crippen LogP contribution in [-0.4, -0.2) is 328 Å². The molecule has 10 aliphatic heterocycles. The first kappa shape index (κ1) is 79.7. The number of nitrogen functional groups attached to an aromatic ring is 5. The molecule has 10 aliphatic rings. The van der Waals surface area contributed by atoms with Crippen molar-refractivity contribution in [2.75, 3.05) is 343 Å². The standard InChI is InChI=1S/C17H28N3O2.C16H26N3O3.2C16H26N3O2.C15H24N3O2/c18-15-4-5-16-17(14-15)22-13-7-19(16)6-3-10-20(11-12-21)8-1-2-9-20;17-14-1-2-15-16(13-14)22-10-4-18(15)3-5-19(6-9-20)7-11-21-12-8-19;1-19(8-11-20-12-9-19)7-2-5-18-6-10-21-16-13-14(17)3-4-15(16)18;17-14-3-4-15-16(13-14)21-12-6-18(15)5-9-19(10-11-20)7-1-2-8-19;1-18(7-10-19-11-8-18)6-4-17-5-9-20-15-12-13(16)2-3-14(15)17/h4-5,14,21H,1-3,6-13,18H2;1-2,13,20H,3-12,17H2;3-4,13H,2,5-12,17H2,1H3;3-4,13,20H,1-2,5-12,17H2;2-3,12H,4-11,16H2,1H3/q5*+1. The van der Waals surface area contributed by atoms with Crippen molar-refractivity contribution < 1.29 is 75.6 Å². The van der Waals surface area contributed by atoms with Crippen LogP contribution in [0, 0.1) is 0 Å². The number of hydrogen-bond donors (Lipinski definition) is 8. The van der Waals surface area contributed by atoms with Gasteiger partial charge in [0, 0.05) is 110 Å². The summed E-state index contributed by atoms with van der Waals surface area (Å²) >= 11 is 0. The fourth-order valence-electron chi connectivity index (χ4n) is 17.0. The minimum Gasteiger partial charge on any atom is -0.489 e. The number of likely N-dealkylation sites (tertiary alicyclic amines) is 2. The molecule has 0 spiro atoms. The Morgan fingerprint density at radius 3 is 0.858 bits per heavy atom. The van der Waals surface area contributed by atoms with Gasteiger partial charge in [0.15, 0.2) is 0 Å². The number of morpholine rings is 3. The number of anilines is 10. The van der Waals surface area contributed by atoms with Gasteiger partial charge in [-0.2, -0.15) is 0 Å². The van der Waals surface area contributed by atoms with E-state index in [1.165, 1.54) is 82.7 Å². The van der Waals surface area contributed by atoms with Crippen LogP contribution in [0.1, 0.15) is 38.5 Å². The average Bonchev–Trinajstić information content (AvgIpc) is 1.14. The third-order valence-corrected chi connectivity index (χ3v) is 23.8. The lowest BCUT2D eigenvalue weighted by atomic mass is 10.2. The Bertz CT molecular complexity index is 3490. The summed E-state index contributed by atoms with van der Waals surface area (Å²) in [4.78, 5) is 12.0. The zero-order chi connectivity index (χ0) is 74.3. The Morgan fingerprint density at radius 2 is 0.547 bits per heavy atom. The molecule has 0 atom stereocenters. The number of likely N-dealkylation sites (N-methyl/N-ethyl adjacent to an activating group) is 2. The van der Waals surface area contributed by atoms with Crippen LogP contribution >= 0.6 is 0 Å². The second kappa shape index (κ2) is 38.6. The summed E-state index contributed by atoms with van der Waals surface area (Å²) in [6.45, 7) is 39.0. The zero-order valence-corrected chi connectivity index (χ0v) is 64.1. The highest BCUT2D eigenvalue weighted by atomic mass is 16.5. The highest BCUT2D eigenvalue weighted by molar-refractivity contribution is 5.68. The molecule has 0 radical (unpaired) electrons. The van der Waals surface area contributed by atoms with Crippen molar-refractivity contribution >= 4 is 56.9 Å². The maximum Gasteiger partial charge on any atom is 0.144 e. The summed E-state index contributed by atoms with van der Waals surface area (Å²) < 4.78 is 50.3. The summed E-state index contributed by atoms with van der Waals surface area (Å²) in [7, 11) is 4.67. The van der Waals surface area contributed by atoms with Crippen LogP contribution in [0.4, 0.5) is 56.9 Å². The van der Waals surface area contributed by atoms with Crippen LogP contribution in [0.25, 0.3) is 0 Å². The number of ether oxygens (including phenoxy) is 8. The van der Waals surface area contributed by atoms with E-state index < -0.39 is 0 Å². The molecule has 5 fully saturated rings. The molecule has 0 aliphatic carbocycles. The first-order chi connectivity index (χ1) is 51.5. The van der Waals surface area contributed by atoms with Crippen molar-refractivity contribution in [3.63, 3.8) is 0 Å². The average molecular weight is 1480 g/mol. The molecule has 10 heterocycles. The van der Waals surface area contributed by atoms with E-state index in [2.05, 4.69) is 62.9 Å². The number of rotatable bonds is 23. The van der Waals surface area contributed by atoms with Gasteiger partial charge in [0.2, 0.25) is 0 Å². The monoisotopic (exact) mass is 1480 g/mol. The Labute approximate surface area is 631 Å². The first-order valence-electron chi connectivity index (χ1n) is 39.6. The normalized spacial score (nSPS) is 20.4. The van der Waals surface area contributed by atoms with Crippen LogP contribution in [-0.2, 0) is 14.2 Å². The molecule has 0 aromatic heterocycles. The maximum absolute atomic E-state index is 9.41. The van der Waals surface area contributed by atoms with Crippen molar-refractivity contribution in [1.82, 2.24) is 0 Å². The predicted molar refractivity (Wildman–Crippen MR) is 425 cm³/mol. The minimum absolute atomic E-state index is 0.232. The quantitative estimate of drug-likeness (QED) is 0.0311. The molecule has 13 N–H and O–H groups in total. The van der Waals surface area contributed by atoms with Gasteiger partial charge in [0.05, 0.1) is 213 Å². The third-order valence-electron chi connectivity index (χ3n) is 23.8. The van der Waals surface area contributed by atoms with E-state index in [-0.39, 0.29) is 13.2 Å². The number of hydrogen-bond acceptors (Lipinski definition) is 21. The second-order valence-corrected chi connectivity index (χ2v) is 31.2. The number of quaternary nitrogens is 5. The molecule has 26 nitrogen and oxygen atoms in total. The van der Waals surface area contributed by atoms with Crippen molar-refractivity contribution in [3.05, 3.63) is 91.0 Å². The summed E-state index contributed by atoms with van der Waals surface area (Å²) in [5, 5.41) is 28.1. The smallest absolute Gasteiger partial charge is 0.144 e. The molecule has 5 aromatic rings. The zero-order valence-electron chi connectivity index (χ0n) is 64.1. The SMILES string of the molecule is C[N+]1(CCCN2CCOc3cc(N)ccc32)CCOCC1.C[N+]1(CCN2CCOc3cc(N)ccc32)CCOCC1.Nc1ccc2c(c1)OCCN2CCC[N+]1(CCO)CCCC1.Nc1ccc2c(c1)OCCN2CC[N+]1(CCO)CCCC1.Nc1ccc2c(c1)OCCN2CC[N+]1(CCO)CCOCC1. The van der Waals surface area contributed by atoms with Gasteiger partial charge in [-0.3, -0.25) is 0 Å². The predicted octanol–water partition coefficient (Wildman–Crippen LogP) is 5.12. The largest absolute Gasteiger partial charge is 0.489 e. The van der Waals surface area contributed by atoms with Gasteiger partial charge in [0.25, 0.3) is 0 Å². The Kier molecular flexibility index (Phi) is 29.1. The van der Waals surface area contributed by atoms with Crippen LogP contribution in [0.5, 0.6) is 28.7 Å². The van der Waals surface area contributed by atoms with E-state index in [4.69, 9.17) is 66.6 Å². The number of aliphatic hydroxyl groups excluding tert-OH is 3. The van der Waals surface area contributed by atoms with Crippen LogP contribution in [0.2, 0.25) is 0 Å². The van der Waals surface area contributed by atoms with E-state index in [1.54, 1.807) is 0 Å². The Hall–Kier alpha value is -7.34. The number of benzene rings is 5. The van der Waals surface area contributed by atoms with E-state index in [0.29, 0.717) is 13.2 Å². The van der Waals surface area contributed by atoms with Gasteiger partial charge < -0.3 is 129 Å². The summed E-state index contributed by atoms with van der Waals surface area (Å²) in [5.41, 5.74) is 38.7. The van der Waals surface area contributed by atoms with Gasteiger partial charge in [-0.15, -0.1) is 0 Å². The fourth-order valence-corrected chi connectivity index (χ4v) is 17.0. The van der Waals surface area contributed by atoms with Gasteiger partial charge >= 0.3 is 0 Å². The van der Waals surface area contributed by atoms with Crippen LogP contribution in [0.3, 0.4) is 0 Å². The second-order valence-electron chi connectivity index (χ2n) is 31.2. The van der Waals surface area contributed by atoms with Crippen molar-refractivity contribution in [2.24, 2.45) is 0 Å². The molecule has 586 valence electrons. The summed E-state index contributed by atoms with van der Waals surface area (Å²) in [6, 6.07) is 29.6.